The first-order chi connectivity index (χ1) is 32.5. The zero-order valence-corrected chi connectivity index (χ0v) is 39.1. The molecule has 0 radical (unpaired) electrons. The number of hydrogen-bond donors (Lipinski definition) is 1. The highest BCUT2D eigenvalue weighted by molar-refractivity contribution is 6.09. The summed E-state index contributed by atoms with van der Waals surface area (Å²) in [5, 5.41) is 2.42. The standard InChI is InChI=1S/C52H64N10O5/c1-33(2)61-32-55-43-29-42(53-31-45(43)61)36-6-9-41-44(26-36)62(39-27-38(28-39)57-18-4-3-5-19-57)51(67)52(41)16-24-60(25-17-52)50(66)35-14-22-59(23-15-35)49(65)34-12-20-58(21-13-34)46-10-7-37(30-54-46)40-8-11-47(63)56-48(40)64/h6-7,9-10,26,29-35,38-40H,3-5,8,11-25,27-28H2,1-2H3,(H,56,63,64)/t38?,39?,40-/m1/s1. The monoisotopic (exact) mass is 909 g/mol. The van der Waals surface area contributed by atoms with Gasteiger partial charge in [-0.25, -0.2) is 9.97 Å². The van der Waals surface area contributed by atoms with Crippen molar-refractivity contribution in [3.8, 4) is 11.3 Å². The van der Waals surface area contributed by atoms with Crippen molar-refractivity contribution in [1.82, 2.24) is 39.5 Å². The minimum Gasteiger partial charge on any atom is -0.357 e. The van der Waals surface area contributed by atoms with E-state index in [0.29, 0.717) is 70.7 Å². The summed E-state index contributed by atoms with van der Waals surface area (Å²) < 4.78 is 2.14. The van der Waals surface area contributed by atoms with Crippen LogP contribution in [0.1, 0.15) is 120 Å². The maximum absolute atomic E-state index is 15.0. The summed E-state index contributed by atoms with van der Waals surface area (Å²) in [4.78, 5) is 92.2. The first kappa shape index (κ1) is 43.8. The smallest absolute Gasteiger partial charge is 0.238 e. The van der Waals surface area contributed by atoms with E-state index in [-0.39, 0.29) is 59.4 Å². The summed E-state index contributed by atoms with van der Waals surface area (Å²) in [5.74, 6) is 0.331. The van der Waals surface area contributed by atoms with E-state index in [1.165, 1.54) is 19.3 Å². The van der Waals surface area contributed by atoms with E-state index in [1.54, 1.807) is 6.20 Å². The van der Waals surface area contributed by atoms with Crippen molar-refractivity contribution in [2.45, 2.75) is 127 Å². The molecule has 3 aromatic heterocycles. The summed E-state index contributed by atoms with van der Waals surface area (Å²) in [6, 6.07) is 13.4. The molecular formula is C52H64N10O5. The number of carbonyl (C=O) groups is 5. The van der Waals surface area contributed by atoms with Crippen molar-refractivity contribution < 1.29 is 24.0 Å². The first-order valence-corrected chi connectivity index (χ1v) is 25.2. The molecule has 15 heteroatoms. The molecule has 4 aromatic rings. The lowest BCUT2D eigenvalue weighted by Crippen LogP contribution is -2.58. The fourth-order valence-electron chi connectivity index (χ4n) is 12.6. The lowest BCUT2D eigenvalue weighted by atomic mass is 9.73. The molecule has 1 N–H and O–H groups in total. The second kappa shape index (κ2) is 17.7. The van der Waals surface area contributed by atoms with Crippen LogP contribution in [0.5, 0.6) is 0 Å². The molecule has 6 fully saturated rings. The first-order valence-electron chi connectivity index (χ1n) is 25.2. The number of benzene rings is 1. The van der Waals surface area contributed by atoms with Crippen LogP contribution in [0.3, 0.4) is 0 Å². The van der Waals surface area contributed by atoms with E-state index in [4.69, 9.17) is 9.97 Å². The second-order valence-corrected chi connectivity index (χ2v) is 20.8. The summed E-state index contributed by atoms with van der Waals surface area (Å²) in [5.41, 5.74) is 6.01. The number of hydrogen-bond acceptors (Lipinski definition) is 10. The van der Waals surface area contributed by atoms with Crippen molar-refractivity contribution in [3.05, 3.63) is 66.2 Å². The summed E-state index contributed by atoms with van der Waals surface area (Å²) in [7, 11) is 0. The number of amides is 5. The molecule has 1 atom stereocenters. The van der Waals surface area contributed by atoms with Crippen LogP contribution in [0.2, 0.25) is 0 Å². The third kappa shape index (κ3) is 7.98. The van der Waals surface area contributed by atoms with Crippen molar-refractivity contribution in [1.29, 1.82) is 0 Å². The molecule has 1 aliphatic carbocycles. The normalized spacial score (nSPS) is 25.2. The van der Waals surface area contributed by atoms with Gasteiger partial charge >= 0.3 is 0 Å². The molecule has 0 unspecified atom stereocenters. The molecule has 6 aliphatic heterocycles. The largest absolute Gasteiger partial charge is 0.357 e. The van der Waals surface area contributed by atoms with Gasteiger partial charge in [0.1, 0.15) is 5.82 Å². The lowest BCUT2D eigenvalue weighted by Gasteiger charge is -2.48. The summed E-state index contributed by atoms with van der Waals surface area (Å²) in [6.45, 7) is 10.3. The van der Waals surface area contributed by atoms with E-state index < -0.39 is 5.41 Å². The third-order valence-electron chi connectivity index (χ3n) is 16.7. The number of rotatable bonds is 8. The highest BCUT2D eigenvalue weighted by atomic mass is 16.2. The SMILES string of the molecule is CC(C)n1cnc2cc(-c3ccc4c(c3)N(C3CC(N5CCCCC5)C3)C(=O)C43CCN(C(=O)C4CCN(C(=O)C5CCN(c6ccc([C@H]7CCC(=O)NC7=O)cn6)CC5)CC4)CC3)ncc21. The number of piperidine rings is 5. The van der Waals surface area contributed by atoms with Gasteiger partial charge in [0.15, 0.2) is 0 Å². The maximum Gasteiger partial charge on any atom is 0.238 e. The number of nitrogens with zero attached hydrogens (tertiary/aromatic N) is 9. The zero-order chi connectivity index (χ0) is 46.0. The maximum atomic E-state index is 15.0. The summed E-state index contributed by atoms with van der Waals surface area (Å²) in [6.07, 6.45) is 16.2. The zero-order valence-electron chi connectivity index (χ0n) is 39.1. The molecule has 1 aromatic carbocycles. The number of imide groups is 1. The van der Waals surface area contributed by atoms with Gasteiger partial charge in [-0.1, -0.05) is 24.6 Å². The number of likely N-dealkylation sites (tertiary alicyclic amines) is 3. The Balaban J connectivity index is 0.714. The topological polar surface area (TPSA) is 157 Å². The van der Waals surface area contributed by atoms with Crippen molar-refractivity contribution in [3.63, 3.8) is 0 Å². The molecule has 67 heavy (non-hydrogen) atoms. The Morgan fingerprint density at radius 3 is 2.10 bits per heavy atom. The van der Waals surface area contributed by atoms with E-state index in [1.807, 2.05) is 34.5 Å². The Morgan fingerprint density at radius 1 is 0.731 bits per heavy atom. The molecule has 0 bridgehead atoms. The molecule has 352 valence electrons. The van der Waals surface area contributed by atoms with Crippen LogP contribution in [0.4, 0.5) is 11.5 Å². The van der Waals surface area contributed by atoms with Crippen LogP contribution in [0.25, 0.3) is 22.3 Å². The number of carbonyl (C=O) groups excluding carboxylic acids is 5. The quantitative estimate of drug-likeness (QED) is 0.209. The molecule has 7 aliphatic rings. The van der Waals surface area contributed by atoms with Crippen LogP contribution in [0, 0.1) is 11.8 Å². The van der Waals surface area contributed by atoms with E-state index in [9.17, 15) is 19.2 Å². The molecule has 1 spiro atoms. The van der Waals surface area contributed by atoms with Gasteiger partial charge in [0, 0.05) is 93.1 Å². The molecule has 5 saturated heterocycles. The number of imidazole rings is 1. The third-order valence-corrected chi connectivity index (χ3v) is 16.7. The van der Waals surface area contributed by atoms with Crippen LogP contribution in [-0.2, 0) is 29.4 Å². The van der Waals surface area contributed by atoms with Crippen molar-refractivity contribution in [2.24, 2.45) is 11.8 Å². The molecule has 11 rings (SSSR count). The number of aromatic nitrogens is 4. The molecule has 15 nitrogen and oxygen atoms in total. The average molecular weight is 909 g/mol. The van der Waals surface area contributed by atoms with Crippen LogP contribution >= 0.6 is 0 Å². The van der Waals surface area contributed by atoms with Gasteiger partial charge in [-0.05, 0) is 127 Å². The number of nitrogens with one attached hydrogen (secondary N) is 1. The van der Waals surface area contributed by atoms with Gasteiger partial charge in [-0.2, -0.15) is 0 Å². The highest BCUT2D eigenvalue weighted by Crippen LogP contribution is 2.52. The lowest BCUT2D eigenvalue weighted by molar-refractivity contribution is -0.144. The van der Waals surface area contributed by atoms with Gasteiger partial charge in [-0.3, -0.25) is 34.3 Å². The molecule has 1 saturated carbocycles. The second-order valence-electron chi connectivity index (χ2n) is 20.8. The van der Waals surface area contributed by atoms with Gasteiger partial charge in [-0.15, -0.1) is 0 Å². The van der Waals surface area contributed by atoms with E-state index >= 15 is 4.79 Å². The predicted molar refractivity (Wildman–Crippen MR) is 254 cm³/mol. The highest BCUT2D eigenvalue weighted by Gasteiger charge is 2.56. The number of anilines is 2. The Hall–Kier alpha value is -5.70. The van der Waals surface area contributed by atoms with Crippen LogP contribution < -0.4 is 15.1 Å². The fourth-order valence-corrected chi connectivity index (χ4v) is 12.6. The minimum absolute atomic E-state index is 0.0582. The molecular weight excluding hydrogens is 845 g/mol. The van der Waals surface area contributed by atoms with Gasteiger partial charge in [0.2, 0.25) is 29.5 Å². The van der Waals surface area contributed by atoms with E-state index in [0.717, 1.165) is 96.8 Å². The predicted octanol–water partition coefficient (Wildman–Crippen LogP) is 5.97. The number of pyridine rings is 2. The van der Waals surface area contributed by atoms with Gasteiger partial charge < -0.3 is 29.1 Å². The fraction of sp³-hybridized carbons (Fsp3) is 0.577. The Morgan fingerprint density at radius 2 is 1.43 bits per heavy atom. The average Bonchev–Trinajstić information content (AvgIpc) is 3.87. The van der Waals surface area contributed by atoms with Crippen molar-refractivity contribution in [2.75, 3.05) is 62.2 Å². The minimum atomic E-state index is -0.658. The Kier molecular flexibility index (Phi) is 11.6. The van der Waals surface area contributed by atoms with Gasteiger partial charge in [0.25, 0.3) is 0 Å². The summed E-state index contributed by atoms with van der Waals surface area (Å²) >= 11 is 0. The molecule has 5 amide bonds. The van der Waals surface area contributed by atoms with Gasteiger partial charge in [0.05, 0.1) is 40.6 Å². The van der Waals surface area contributed by atoms with Crippen molar-refractivity contribution >= 4 is 52.1 Å². The van der Waals surface area contributed by atoms with E-state index in [2.05, 4.69) is 67.7 Å². The Labute approximate surface area is 392 Å². The Bertz CT molecular complexity index is 2560. The number of fused-ring (bicyclic) bond motifs is 3. The van der Waals surface area contributed by atoms with Crippen LogP contribution in [-0.4, -0.2) is 128 Å². The molecule has 9 heterocycles. The van der Waals surface area contributed by atoms with Crippen LogP contribution in [0.15, 0.2) is 55.1 Å².